The van der Waals surface area contributed by atoms with Gasteiger partial charge in [-0.2, -0.15) is 0 Å². The fourth-order valence-electron chi connectivity index (χ4n) is 2.32. The number of hydrogen-bond acceptors (Lipinski definition) is 5. The van der Waals surface area contributed by atoms with Crippen LogP contribution in [-0.2, 0) is 4.79 Å². The number of nitro groups is 1. The van der Waals surface area contributed by atoms with Gasteiger partial charge in [0, 0.05) is 30.8 Å². The van der Waals surface area contributed by atoms with Gasteiger partial charge in [-0.3, -0.25) is 14.9 Å². The zero-order valence-electron chi connectivity index (χ0n) is 14.2. The van der Waals surface area contributed by atoms with Gasteiger partial charge in [0.2, 0.25) is 11.6 Å². The van der Waals surface area contributed by atoms with Crippen LogP contribution in [0.3, 0.4) is 0 Å². The fraction of sp³-hybridized carbons (Fsp3) is 0.444. The van der Waals surface area contributed by atoms with Crippen molar-refractivity contribution < 1.29 is 9.72 Å². The molecule has 0 saturated carbocycles. The van der Waals surface area contributed by atoms with Gasteiger partial charge in [-0.25, -0.2) is 4.98 Å². The second-order valence-electron chi connectivity index (χ2n) is 6.74. The van der Waals surface area contributed by atoms with Gasteiger partial charge >= 0.3 is 5.69 Å². The van der Waals surface area contributed by atoms with Crippen molar-refractivity contribution in [3.8, 4) is 11.8 Å². The third-order valence-electron chi connectivity index (χ3n) is 3.81. The predicted molar refractivity (Wildman–Crippen MR) is 92.7 cm³/mol. The Morgan fingerprint density at radius 2 is 2.04 bits per heavy atom. The number of Topliss-reactive ketones (excluding diaryl/α,β-unsaturated/α-hetero) is 1. The van der Waals surface area contributed by atoms with Crippen LogP contribution in [0, 0.1) is 27.4 Å². The molecule has 1 aliphatic heterocycles. The van der Waals surface area contributed by atoms with Crippen LogP contribution in [0.1, 0.15) is 33.6 Å². The highest BCUT2D eigenvalue weighted by Crippen LogP contribution is 2.28. The lowest BCUT2D eigenvalue weighted by atomic mass is 9.91. The van der Waals surface area contributed by atoms with Crippen molar-refractivity contribution in [2.75, 3.05) is 18.0 Å². The van der Waals surface area contributed by atoms with Crippen molar-refractivity contribution in [2.24, 2.45) is 5.41 Å². The number of piperidine rings is 1. The van der Waals surface area contributed by atoms with E-state index in [4.69, 9.17) is 0 Å². The molecule has 6 nitrogen and oxygen atoms in total. The second kappa shape index (κ2) is 7.26. The number of allylic oxidation sites excluding steroid dienone is 1. The Morgan fingerprint density at radius 3 is 2.62 bits per heavy atom. The number of carbonyl (C=O) groups excluding carboxylic acids is 1. The van der Waals surface area contributed by atoms with Crippen LogP contribution in [-0.4, -0.2) is 28.8 Å². The van der Waals surface area contributed by atoms with Crippen molar-refractivity contribution in [3.05, 3.63) is 40.1 Å². The number of carbonyl (C=O) groups is 1. The molecular formula is C18H21N3O3. The maximum atomic E-state index is 11.8. The van der Waals surface area contributed by atoms with Crippen molar-refractivity contribution in [2.45, 2.75) is 33.6 Å². The summed E-state index contributed by atoms with van der Waals surface area (Å²) in [5.41, 5.74) is 0.729. The predicted octanol–water partition coefficient (Wildman–Crippen LogP) is 3.14. The van der Waals surface area contributed by atoms with Crippen LogP contribution in [0.4, 0.5) is 11.5 Å². The van der Waals surface area contributed by atoms with Gasteiger partial charge in [0.15, 0.2) is 0 Å². The highest BCUT2D eigenvalue weighted by Gasteiger charge is 2.23. The Kier molecular flexibility index (Phi) is 5.35. The van der Waals surface area contributed by atoms with E-state index in [1.165, 1.54) is 6.07 Å². The molecule has 1 aromatic heterocycles. The molecule has 0 atom stereocenters. The number of pyridine rings is 1. The molecule has 0 aromatic carbocycles. The van der Waals surface area contributed by atoms with E-state index in [1.807, 2.05) is 25.7 Å². The molecule has 126 valence electrons. The monoisotopic (exact) mass is 327 g/mol. The van der Waals surface area contributed by atoms with Gasteiger partial charge in [-0.1, -0.05) is 32.3 Å². The molecule has 1 aromatic rings. The number of nitrogens with zero attached hydrogens (tertiary/aromatic N) is 3. The average Bonchev–Trinajstić information content (AvgIpc) is 2.54. The molecule has 0 aliphatic carbocycles. The molecule has 1 fully saturated rings. The number of aromatic nitrogens is 1. The highest BCUT2D eigenvalue weighted by molar-refractivity contribution is 5.99. The van der Waals surface area contributed by atoms with Gasteiger partial charge in [0.05, 0.1) is 4.92 Å². The van der Waals surface area contributed by atoms with Crippen LogP contribution in [0.25, 0.3) is 0 Å². The minimum atomic E-state index is -0.452. The third-order valence-corrected chi connectivity index (χ3v) is 3.81. The Bertz CT molecular complexity index is 726. The first-order valence-electron chi connectivity index (χ1n) is 7.87. The summed E-state index contributed by atoms with van der Waals surface area (Å²) in [5.74, 6) is 5.83. The fourth-order valence-corrected chi connectivity index (χ4v) is 2.32. The molecule has 1 saturated heterocycles. The molecule has 0 spiro atoms. The van der Waals surface area contributed by atoms with Crippen LogP contribution in [0.5, 0.6) is 0 Å². The third kappa shape index (κ3) is 4.42. The highest BCUT2D eigenvalue weighted by atomic mass is 16.6. The average molecular weight is 327 g/mol. The molecule has 0 N–H and O–H groups in total. The molecular weight excluding hydrogens is 306 g/mol. The second-order valence-corrected chi connectivity index (χ2v) is 6.74. The quantitative estimate of drug-likeness (QED) is 0.361. The summed E-state index contributed by atoms with van der Waals surface area (Å²) in [6.45, 7) is 6.83. The van der Waals surface area contributed by atoms with Crippen LogP contribution >= 0.6 is 0 Å². The standard InChI is InChI=1S/C18H21N3O3/c1-18(2,3)16(22)8-4-6-14-9-12-20(13-10-14)17-15(21(23)24)7-5-11-19-17/h5-7,11H,9-10,12-13H2,1-3H3. The number of ketones is 1. The van der Waals surface area contributed by atoms with E-state index >= 15 is 0 Å². The van der Waals surface area contributed by atoms with Crippen molar-refractivity contribution in [1.82, 2.24) is 4.98 Å². The van der Waals surface area contributed by atoms with Gasteiger partial charge in [-0.05, 0) is 30.9 Å². The maximum Gasteiger partial charge on any atom is 0.311 e. The minimum absolute atomic E-state index is 0.0282. The first kappa shape index (κ1) is 17.7. The van der Waals surface area contributed by atoms with Gasteiger partial charge in [0.1, 0.15) is 0 Å². The van der Waals surface area contributed by atoms with E-state index < -0.39 is 10.3 Å². The largest absolute Gasteiger partial charge is 0.350 e. The lowest BCUT2D eigenvalue weighted by molar-refractivity contribution is -0.384. The molecule has 0 unspecified atom stereocenters. The Morgan fingerprint density at radius 1 is 1.38 bits per heavy atom. The molecule has 1 aliphatic rings. The van der Waals surface area contributed by atoms with E-state index in [2.05, 4.69) is 16.8 Å². The summed E-state index contributed by atoms with van der Waals surface area (Å²) in [6, 6.07) is 3.04. The summed E-state index contributed by atoms with van der Waals surface area (Å²) in [6.07, 6.45) is 4.88. The minimum Gasteiger partial charge on any atom is -0.350 e. The van der Waals surface area contributed by atoms with Crippen molar-refractivity contribution >= 4 is 17.3 Å². The smallest absolute Gasteiger partial charge is 0.311 e. The summed E-state index contributed by atoms with van der Waals surface area (Å²) >= 11 is 0. The first-order chi connectivity index (χ1) is 11.3. The molecule has 0 radical (unpaired) electrons. The molecule has 0 amide bonds. The molecule has 24 heavy (non-hydrogen) atoms. The molecule has 2 heterocycles. The van der Waals surface area contributed by atoms with E-state index in [9.17, 15) is 14.9 Å². The Labute approximate surface area is 141 Å². The summed E-state index contributed by atoms with van der Waals surface area (Å²) in [4.78, 5) is 28.5. The topological polar surface area (TPSA) is 76.3 Å². The zero-order valence-corrected chi connectivity index (χ0v) is 14.2. The molecule has 0 bridgehead atoms. The SMILES string of the molecule is CC(C)(C)C(=O)C#CC=C1CCN(c2ncccc2[N+](=O)[O-])CC1. The van der Waals surface area contributed by atoms with Crippen LogP contribution < -0.4 is 4.90 Å². The lowest BCUT2D eigenvalue weighted by Crippen LogP contribution is -2.31. The van der Waals surface area contributed by atoms with Gasteiger partial charge in [0.25, 0.3) is 0 Å². The van der Waals surface area contributed by atoms with E-state index in [-0.39, 0.29) is 11.5 Å². The van der Waals surface area contributed by atoms with Crippen molar-refractivity contribution in [3.63, 3.8) is 0 Å². The zero-order chi connectivity index (χ0) is 17.7. The normalized spacial score (nSPS) is 14.6. The van der Waals surface area contributed by atoms with E-state index in [0.717, 1.165) is 18.4 Å². The van der Waals surface area contributed by atoms with E-state index in [1.54, 1.807) is 18.3 Å². The number of anilines is 1. The van der Waals surface area contributed by atoms with Gasteiger partial charge < -0.3 is 4.90 Å². The number of hydrogen-bond donors (Lipinski definition) is 0. The maximum absolute atomic E-state index is 11.8. The summed E-state index contributed by atoms with van der Waals surface area (Å²) in [5, 5.41) is 11.1. The Balaban J connectivity index is 2.02. The molecule has 6 heteroatoms. The van der Waals surface area contributed by atoms with Crippen molar-refractivity contribution in [1.29, 1.82) is 0 Å². The first-order valence-corrected chi connectivity index (χ1v) is 7.87. The number of rotatable bonds is 2. The summed E-state index contributed by atoms with van der Waals surface area (Å²) in [7, 11) is 0. The van der Waals surface area contributed by atoms with Crippen LogP contribution in [0.2, 0.25) is 0 Å². The lowest BCUT2D eigenvalue weighted by Gasteiger charge is -2.28. The molecule has 2 rings (SSSR count). The van der Waals surface area contributed by atoms with Gasteiger partial charge in [-0.15, -0.1) is 0 Å². The van der Waals surface area contributed by atoms with E-state index in [0.29, 0.717) is 18.9 Å². The summed E-state index contributed by atoms with van der Waals surface area (Å²) < 4.78 is 0. The van der Waals surface area contributed by atoms with Crippen LogP contribution in [0.15, 0.2) is 30.0 Å². The Hall–Kier alpha value is -2.68.